The first-order valence-corrected chi connectivity index (χ1v) is 15.6. The molecule has 0 spiro atoms. The second-order valence-corrected chi connectivity index (χ2v) is 14.8. The Balaban J connectivity index is 2.11. The standard InChI is InChI=1S/C38H48O6/c1-21(2)11-12-26(24(7)8)19-36-20-28-27(17-23(5)6)38(33(36)43,31(41)25-13-14-29(39)30(40)18-25)34(44)37(32(36)42,35(28,9)10)16-15-22(3)4/h13-15,17-18,26-28,39-40H,1,7,11-12,16,19-20H2,2-6,8-10H3/t26?,27-,28+,36+,37-,38-/m0/s1. The van der Waals surface area contributed by atoms with Crippen LogP contribution >= 0.6 is 0 Å². The Hall–Kier alpha value is -3.54. The number of carbonyl (C=O) groups is 4. The van der Waals surface area contributed by atoms with E-state index in [0.29, 0.717) is 12.8 Å². The minimum absolute atomic E-state index is 0.0485. The zero-order valence-electron chi connectivity index (χ0n) is 27.6. The van der Waals surface area contributed by atoms with Gasteiger partial charge in [-0.2, -0.15) is 0 Å². The zero-order chi connectivity index (χ0) is 33.2. The molecule has 1 unspecified atom stereocenters. The summed E-state index contributed by atoms with van der Waals surface area (Å²) in [6.45, 7) is 23.6. The topological polar surface area (TPSA) is 109 Å². The van der Waals surface area contributed by atoms with Gasteiger partial charge in [-0.1, -0.05) is 54.9 Å². The minimum Gasteiger partial charge on any atom is -0.504 e. The molecule has 0 radical (unpaired) electrons. The van der Waals surface area contributed by atoms with Crippen molar-refractivity contribution in [2.24, 2.45) is 39.4 Å². The number of phenolic OH excluding ortho intramolecular Hbond substituents is 2. The van der Waals surface area contributed by atoms with Crippen molar-refractivity contribution in [2.75, 3.05) is 0 Å². The summed E-state index contributed by atoms with van der Waals surface area (Å²) in [5.74, 6) is -4.59. The smallest absolute Gasteiger partial charge is 0.184 e. The lowest BCUT2D eigenvalue weighted by atomic mass is 9.26. The Morgan fingerprint density at radius 2 is 1.59 bits per heavy atom. The fourth-order valence-corrected chi connectivity index (χ4v) is 8.62. The van der Waals surface area contributed by atoms with Crippen LogP contribution in [0.3, 0.4) is 0 Å². The molecule has 0 heterocycles. The van der Waals surface area contributed by atoms with Crippen molar-refractivity contribution in [1.29, 1.82) is 0 Å². The van der Waals surface area contributed by atoms with E-state index in [4.69, 9.17) is 0 Å². The highest BCUT2D eigenvalue weighted by Gasteiger charge is 2.86. The Kier molecular flexibility index (Phi) is 8.43. The molecule has 0 aliphatic heterocycles. The average Bonchev–Trinajstić information content (AvgIpc) is 2.91. The van der Waals surface area contributed by atoms with Gasteiger partial charge in [-0.15, -0.1) is 6.58 Å². The largest absolute Gasteiger partial charge is 0.504 e. The van der Waals surface area contributed by atoms with Gasteiger partial charge in [0.2, 0.25) is 0 Å². The van der Waals surface area contributed by atoms with Crippen LogP contribution in [0.1, 0.15) is 97.9 Å². The highest BCUT2D eigenvalue weighted by molar-refractivity contribution is 6.42. The van der Waals surface area contributed by atoms with Crippen LogP contribution in [0.25, 0.3) is 0 Å². The van der Waals surface area contributed by atoms with Crippen molar-refractivity contribution in [1.82, 2.24) is 0 Å². The number of ketones is 4. The van der Waals surface area contributed by atoms with Gasteiger partial charge in [0.05, 0.1) is 10.8 Å². The quantitative estimate of drug-likeness (QED) is 0.116. The highest BCUT2D eigenvalue weighted by Crippen LogP contribution is 2.75. The molecule has 4 fully saturated rings. The fraction of sp³-hybridized carbons (Fsp3) is 0.526. The number of hydrogen-bond donors (Lipinski definition) is 2. The summed E-state index contributed by atoms with van der Waals surface area (Å²) in [5, 5.41) is 20.4. The Bertz CT molecular complexity index is 1530. The summed E-state index contributed by atoms with van der Waals surface area (Å²) in [7, 11) is 0. The van der Waals surface area contributed by atoms with Crippen molar-refractivity contribution in [3.8, 4) is 11.5 Å². The van der Waals surface area contributed by atoms with Crippen LogP contribution in [-0.2, 0) is 14.4 Å². The van der Waals surface area contributed by atoms with Crippen LogP contribution in [0.15, 0.2) is 65.8 Å². The maximum absolute atomic E-state index is 15.3. The molecule has 1 aromatic carbocycles. The van der Waals surface area contributed by atoms with E-state index in [1.807, 2.05) is 67.5 Å². The second-order valence-electron chi connectivity index (χ2n) is 14.8. The zero-order valence-corrected chi connectivity index (χ0v) is 27.6. The number of Topliss-reactive ketones (excluding diaryl/α,β-unsaturated/α-hetero) is 4. The molecule has 4 aliphatic carbocycles. The van der Waals surface area contributed by atoms with Gasteiger partial charge >= 0.3 is 0 Å². The first kappa shape index (κ1) is 33.4. The monoisotopic (exact) mass is 600 g/mol. The summed E-state index contributed by atoms with van der Waals surface area (Å²) in [5.41, 5.74) is -2.59. The molecule has 4 aliphatic rings. The van der Waals surface area contributed by atoms with Crippen LogP contribution in [0.5, 0.6) is 11.5 Å². The Labute approximate surface area is 262 Å². The van der Waals surface area contributed by atoms with Crippen LogP contribution < -0.4 is 0 Å². The molecule has 0 aromatic heterocycles. The van der Waals surface area contributed by atoms with Crippen LogP contribution in [0.4, 0.5) is 0 Å². The summed E-state index contributed by atoms with van der Waals surface area (Å²) < 4.78 is 0. The summed E-state index contributed by atoms with van der Waals surface area (Å²) >= 11 is 0. The molecule has 6 heteroatoms. The van der Waals surface area contributed by atoms with E-state index in [1.54, 1.807) is 0 Å². The number of carbonyl (C=O) groups excluding carboxylic acids is 4. The first-order valence-electron chi connectivity index (χ1n) is 15.6. The Morgan fingerprint density at radius 3 is 2.11 bits per heavy atom. The number of benzene rings is 1. The van der Waals surface area contributed by atoms with Gasteiger partial charge in [0.15, 0.2) is 40.0 Å². The van der Waals surface area contributed by atoms with Gasteiger partial charge in [-0.05, 0) is 109 Å². The lowest BCUT2D eigenvalue weighted by Crippen LogP contribution is -2.83. The van der Waals surface area contributed by atoms with Crippen LogP contribution in [0, 0.1) is 39.4 Å². The average molecular weight is 601 g/mol. The first-order chi connectivity index (χ1) is 20.3. The number of aromatic hydroxyl groups is 2. The fourth-order valence-electron chi connectivity index (χ4n) is 8.62. The van der Waals surface area contributed by atoms with E-state index in [0.717, 1.165) is 28.4 Å². The van der Waals surface area contributed by atoms with Crippen molar-refractivity contribution >= 4 is 23.1 Å². The lowest BCUT2D eigenvalue weighted by molar-refractivity contribution is -0.212. The molecular formula is C38H48O6. The molecular weight excluding hydrogens is 552 g/mol. The maximum atomic E-state index is 15.3. The number of hydrogen-bond acceptors (Lipinski definition) is 6. The van der Waals surface area contributed by atoms with Gasteiger partial charge in [0.25, 0.3) is 0 Å². The van der Waals surface area contributed by atoms with Crippen LogP contribution in [0.2, 0.25) is 0 Å². The third kappa shape index (κ3) is 4.50. The Morgan fingerprint density at radius 1 is 0.955 bits per heavy atom. The molecule has 5 rings (SSSR count). The van der Waals surface area contributed by atoms with Gasteiger partial charge in [-0.3, -0.25) is 19.2 Å². The molecule has 0 amide bonds. The summed E-state index contributed by atoms with van der Waals surface area (Å²) in [6.07, 6.45) is 5.66. The van der Waals surface area contributed by atoms with Gasteiger partial charge in [-0.25, -0.2) is 0 Å². The highest BCUT2D eigenvalue weighted by atomic mass is 16.3. The van der Waals surface area contributed by atoms with Crippen molar-refractivity contribution < 1.29 is 29.4 Å². The van der Waals surface area contributed by atoms with E-state index in [-0.39, 0.29) is 42.4 Å². The van der Waals surface area contributed by atoms with Crippen molar-refractivity contribution in [2.45, 2.75) is 87.5 Å². The van der Waals surface area contributed by atoms with E-state index in [2.05, 4.69) is 13.2 Å². The summed E-state index contributed by atoms with van der Waals surface area (Å²) in [4.78, 5) is 60.8. The third-order valence-electron chi connectivity index (χ3n) is 11.0. The lowest BCUT2D eigenvalue weighted by Gasteiger charge is -2.71. The molecule has 0 saturated heterocycles. The molecule has 4 saturated carbocycles. The van der Waals surface area contributed by atoms with E-state index in [1.165, 1.54) is 12.1 Å². The molecule has 44 heavy (non-hydrogen) atoms. The molecule has 4 bridgehead atoms. The molecule has 2 N–H and O–H groups in total. The minimum atomic E-state index is -2.16. The number of phenols is 2. The molecule has 6 atom stereocenters. The molecule has 6 nitrogen and oxygen atoms in total. The van der Waals surface area contributed by atoms with E-state index < -0.39 is 56.4 Å². The predicted octanol–water partition coefficient (Wildman–Crippen LogP) is 7.90. The van der Waals surface area contributed by atoms with Gasteiger partial charge in [0.1, 0.15) is 0 Å². The van der Waals surface area contributed by atoms with E-state index >= 15 is 14.4 Å². The van der Waals surface area contributed by atoms with Gasteiger partial charge < -0.3 is 10.2 Å². The predicted molar refractivity (Wildman–Crippen MR) is 172 cm³/mol. The van der Waals surface area contributed by atoms with Crippen LogP contribution in [-0.4, -0.2) is 33.3 Å². The molecule has 236 valence electrons. The molecule has 1 aromatic rings. The van der Waals surface area contributed by atoms with Crippen molar-refractivity contribution in [3.63, 3.8) is 0 Å². The SMILES string of the molecule is C=C(C)CCC(C[C@]12C[C@@H]3[C@H](C=C(C)C)[C@](C(=O)c4ccc(O)c(O)c4)(C1=O)C(=O)[C@](CC=C(C)C)(C2=O)C3(C)C)C(=C)C. The summed E-state index contributed by atoms with van der Waals surface area (Å²) in [6, 6.07) is 3.64. The van der Waals surface area contributed by atoms with Gasteiger partial charge in [0, 0.05) is 11.5 Å². The normalized spacial score (nSPS) is 30.6. The number of rotatable bonds is 11. The maximum Gasteiger partial charge on any atom is 0.184 e. The number of allylic oxidation sites excluding steroid dienone is 6. The third-order valence-corrected chi connectivity index (χ3v) is 11.0. The van der Waals surface area contributed by atoms with Crippen molar-refractivity contribution in [3.05, 3.63) is 71.4 Å². The van der Waals surface area contributed by atoms with E-state index in [9.17, 15) is 15.0 Å². The second kappa shape index (κ2) is 11.1.